The lowest BCUT2D eigenvalue weighted by molar-refractivity contribution is 0.0525. The Morgan fingerprint density at radius 2 is 2.13 bits per heavy atom. The van der Waals surface area contributed by atoms with Crippen LogP contribution in [0.15, 0.2) is 24.4 Å². The van der Waals surface area contributed by atoms with Crippen LogP contribution in [0.5, 0.6) is 0 Å². The zero-order valence-corrected chi connectivity index (χ0v) is 18.4. The molecule has 0 aliphatic carbocycles. The van der Waals surface area contributed by atoms with Crippen molar-refractivity contribution in [3.63, 3.8) is 0 Å². The number of aryl methyl sites for hydroxylation is 1. The number of amides is 1. The first-order chi connectivity index (χ1) is 14.4. The number of nitrogens with one attached hydrogen (secondary N) is 1. The normalized spacial score (nSPS) is 16.7. The summed E-state index contributed by atoms with van der Waals surface area (Å²) >= 11 is 0. The molecule has 0 aromatic carbocycles. The Morgan fingerprint density at radius 1 is 1.33 bits per heavy atom. The molecule has 3 rings (SSSR count). The number of hydrogen-bond donors (Lipinski definition) is 1. The molecule has 1 fully saturated rings. The quantitative estimate of drug-likeness (QED) is 0.708. The van der Waals surface area contributed by atoms with E-state index in [2.05, 4.69) is 21.9 Å². The van der Waals surface area contributed by atoms with Crippen molar-refractivity contribution in [3.8, 4) is 0 Å². The lowest BCUT2D eigenvalue weighted by Crippen LogP contribution is -2.49. The van der Waals surface area contributed by atoms with Gasteiger partial charge in [0.25, 0.3) is 5.91 Å². The molecule has 7 heteroatoms. The molecule has 162 valence electrons. The SMILES string of the molecule is CCOC(=O)c1c(C)[nH]c(C(=O)N2CCCC(N(C)CCc3ccccn3)C2)c1C. The van der Waals surface area contributed by atoms with E-state index in [0.717, 1.165) is 38.0 Å². The smallest absolute Gasteiger partial charge is 0.340 e. The summed E-state index contributed by atoms with van der Waals surface area (Å²) < 4.78 is 5.14. The second-order valence-electron chi connectivity index (χ2n) is 7.94. The van der Waals surface area contributed by atoms with Crippen molar-refractivity contribution in [2.75, 3.05) is 33.3 Å². The van der Waals surface area contributed by atoms with Gasteiger partial charge in [0.2, 0.25) is 0 Å². The first kappa shape index (κ1) is 22.0. The molecule has 1 aliphatic rings. The highest BCUT2D eigenvalue weighted by Crippen LogP contribution is 2.23. The summed E-state index contributed by atoms with van der Waals surface area (Å²) in [5.74, 6) is -0.428. The molecule has 0 bridgehead atoms. The van der Waals surface area contributed by atoms with Crippen LogP contribution in [-0.2, 0) is 11.2 Å². The van der Waals surface area contributed by atoms with Crippen LogP contribution in [0.4, 0.5) is 0 Å². The maximum absolute atomic E-state index is 13.2. The number of carbonyl (C=O) groups is 2. The van der Waals surface area contributed by atoms with Crippen LogP contribution in [0, 0.1) is 13.8 Å². The van der Waals surface area contributed by atoms with Crippen LogP contribution in [0.3, 0.4) is 0 Å². The van der Waals surface area contributed by atoms with E-state index in [9.17, 15) is 9.59 Å². The summed E-state index contributed by atoms with van der Waals surface area (Å²) in [4.78, 5) is 37.2. The standard InChI is InChI=1S/C23H32N4O3/c1-5-30-23(29)20-16(2)21(25-17(20)3)22(28)27-13-8-10-19(15-27)26(4)14-11-18-9-6-7-12-24-18/h6-7,9,12,19,25H,5,8,10-11,13-15H2,1-4H3. The number of piperidine rings is 1. The zero-order valence-electron chi connectivity index (χ0n) is 18.4. The predicted octanol–water partition coefficient (Wildman–Crippen LogP) is 2.98. The third-order valence-electron chi connectivity index (χ3n) is 5.88. The molecule has 2 aromatic heterocycles. The Morgan fingerprint density at radius 3 is 2.83 bits per heavy atom. The van der Waals surface area contributed by atoms with E-state index in [1.807, 2.05) is 36.2 Å². The second-order valence-corrected chi connectivity index (χ2v) is 7.94. The minimum atomic E-state index is -0.381. The third kappa shape index (κ3) is 4.90. The minimum Gasteiger partial charge on any atom is -0.462 e. The van der Waals surface area contributed by atoms with Crippen molar-refractivity contribution in [2.45, 2.75) is 46.1 Å². The number of aromatic nitrogens is 2. The lowest BCUT2D eigenvalue weighted by atomic mass is 10.0. The molecule has 0 spiro atoms. The molecule has 1 unspecified atom stereocenters. The van der Waals surface area contributed by atoms with Crippen molar-refractivity contribution in [1.29, 1.82) is 0 Å². The van der Waals surface area contributed by atoms with Crippen LogP contribution in [0.2, 0.25) is 0 Å². The molecule has 3 heterocycles. The Bertz CT molecular complexity index is 878. The number of ether oxygens (including phenoxy) is 1. The van der Waals surface area contributed by atoms with E-state index in [4.69, 9.17) is 4.74 Å². The number of likely N-dealkylation sites (tertiary alicyclic amines) is 1. The first-order valence-corrected chi connectivity index (χ1v) is 10.7. The number of nitrogens with zero attached hydrogens (tertiary/aromatic N) is 3. The Balaban J connectivity index is 1.65. The highest BCUT2D eigenvalue weighted by Gasteiger charge is 2.30. The zero-order chi connectivity index (χ0) is 21.7. The summed E-state index contributed by atoms with van der Waals surface area (Å²) in [5.41, 5.74) is 3.39. The third-order valence-corrected chi connectivity index (χ3v) is 5.88. The van der Waals surface area contributed by atoms with Crippen LogP contribution in [0.25, 0.3) is 0 Å². The fraction of sp³-hybridized carbons (Fsp3) is 0.522. The van der Waals surface area contributed by atoms with Gasteiger partial charge in [0.15, 0.2) is 0 Å². The van der Waals surface area contributed by atoms with Crippen LogP contribution >= 0.6 is 0 Å². The molecule has 0 radical (unpaired) electrons. The number of rotatable bonds is 7. The number of hydrogen-bond acceptors (Lipinski definition) is 5. The van der Waals surface area contributed by atoms with Gasteiger partial charge in [-0.15, -0.1) is 0 Å². The summed E-state index contributed by atoms with van der Waals surface area (Å²) in [6.07, 6.45) is 4.74. The molecule has 0 saturated carbocycles. The number of esters is 1. The summed E-state index contributed by atoms with van der Waals surface area (Å²) in [6, 6.07) is 6.29. The number of aromatic amines is 1. The van der Waals surface area contributed by atoms with Gasteiger partial charge >= 0.3 is 5.97 Å². The van der Waals surface area contributed by atoms with Gasteiger partial charge in [-0.25, -0.2) is 4.79 Å². The van der Waals surface area contributed by atoms with Crippen LogP contribution in [-0.4, -0.2) is 71.0 Å². The van der Waals surface area contributed by atoms with Crippen molar-refractivity contribution in [1.82, 2.24) is 19.8 Å². The molecule has 1 atom stereocenters. The van der Waals surface area contributed by atoms with Crippen LogP contribution < -0.4 is 0 Å². The van der Waals surface area contributed by atoms with E-state index in [1.54, 1.807) is 13.8 Å². The Labute approximate surface area is 178 Å². The Kier molecular flexibility index (Phi) is 7.26. The number of pyridine rings is 1. The van der Waals surface area contributed by atoms with Gasteiger partial charge in [-0.3, -0.25) is 9.78 Å². The van der Waals surface area contributed by atoms with Crippen LogP contribution in [0.1, 0.15) is 57.6 Å². The fourth-order valence-electron chi connectivity index (χ4n) is 4.15. The lowest BCUT2D eigenvalue weighted by Gasteiger charge is -2.37. The molecule has 1 amide bonds. The van der Waals surface area contributed by atoms with E-state index in [1.165, 1.54) is 0 Å². The molecular formula is C23H32N4O3. The molecule has 1 saturated heterocycles. The van der Waals surface area contributed by atoms with Gasteiger partial charge in [-0.1, -0.05) is 6.07 Å². The van der Waals surface area contributed by atoms with Gasteiger partial charge in [0.05, 0.1) is 12.2 Å². The molecule has 7 nitrogen and oxygen atoms in total. The summed E-state index contributed by atoms with van der Waals surface area (Å²) in [6.45, 7) is 8.02. The van der Waals surface area contributed by atoms with Gasteiger partial charge < -0.3 is 19.5 Å². The maximum atomic E-state index is 13.2. The predicted molar refractivity (Wildman–Crippen MR) is 116 cm³/mol. The average Bonchev–Trinajstić information content (AvgIpc) is 3.06. The highest BCUT2D eigenvalue weighted by molar-refractivity contribution is 6.00. The fourth-order valence-corrected chi connectivity index (χ4v) is 4.15. The molecule has 2 aromatic rings. The first-order valence-electron chi connectivity index (χ1n) is 10.7. The van der Waals surface area contributed by atoms with E-state index in [0.29, 0.717) is 41.7 Å². The Hall–Kier alpha value is -2.67. The molecule has 30 heavy (non-hydrogen) atoms. The number of H-pyrrole nitrogens is 1. The van der Waals surface area contributed by atoms with Crippen molar-refractivity contribution in [3.05, 3.63) is 52.6 Å². The summed E-state index contributed by atoms with van der Waals surface area (Å²) in [5, 5.41) is 0. The van der Waals surface area contributed by atoms with E-state index < -0.39 is 0 Å². The van der Waals surface area contributed by atoms with Crippen molar-refractivity contribution in [2.24, 2.45) is 0 Å². The largest absolute Gasteiger partial charge is 0.462 e. The van der Waals surface area contributed by atoms with Crippen molar-refractivity contribution >= 4 is 11.9 Å². The van der Waals surface area contributed by atoms with Gasteiger partial charge in [0.1, 0.15) is 5.69 Å². The molecule has 1 N–H and O–H groups in total. The molecule has 1 aliphatic heterocycles. The van der Waals surface area contributed by atoms with E-state index in [-0.39, 0.29) is 11.9 Å². The van der Waals surface area contributed by atoms with E-state index >= 15 is 0 Å². The van der Waals surface area contributed by atoms with Gasteiger partial charge in [-0.05, 0) is 58.4 Å². The monoisotopic (exact) mass is 412 g/mol. The van der Waals surface area contributed by atoms with Crippen molar-refractivity contribution < 1.29 is 14.3 Å². The van der Waals surface area contributed by atoms with Gasteiger partial charge in [0, 0.05) is 49.7 Å². The number of likely N-dealkylation sites (N-methyl/N-ethyl adjacent to an activating group) is 1. The average molecular weight is 413 g/mol. The highest BCUT2D eigenvalue weighted by atomic mass is 16.5. The minimum absolute atomic E-state index is 0.0472. The topological polar surface area (TPSA) is 78.5 Å². The maximum Gasteiger partial charge on any atom is 0.340 e. The summed E-state index contributed by atoms with van der Waals surface area (Å²) in [7, 11) is 2.12. The molecular weight excluding hydrogens is 380 g/mol. The second kappa shape index (κ2) is 9.89. The van der Waals surface area contributed by atoms with Gasteiger partial charge in [-0.2, -0.15) is 0 Å². The number of carbonyl (C=O) groups excluding carboxylic acids is 2.